The van der Waals surface area contributed by atoms with Crippen molar-refractivity contribution in [2.75, 3.05) is 18.1 Å². The molecule has 5 heteroatoms. The van der Waals surface area contributed by atoms with Gasteiger partial charge in [0.2, 0.25) is 5.88 Å². The monoisotopic (exact) mass is 289 g/mol. The van der Waals surface area contributed by atoms with Crippen molar-refractivity contribution in [1.29, 1.82) is 0 Å². The molecule has 20 heavy (non-hydrogen) atoms. The molecule has 0 unspecified atom stereocenters. The van der Waals surface area contributed by atoms with Crippen LogP contribution >= 0.6 is 11.8 Å². The van der Waals surface area contributed by atoms with E-state index in [-0.39, 0.29) is 0 Å². The Morgan fingerprint density at radius 3 is 2.60 bits per heavy atom. The van der Waals surface area contributed by atoms with E-state index < -0.39 is 0 Å². The zero-order valence-corrected chi connectivity index (χ0v) is 12.8. The Labute approximate surface area is 124 Å². The third-order valence-electron chi connectivity index (χ3n) is 2.85. The summed E-state index contributed by atoms with van der Waals surface area (Å²) in [6.45, 7) is 4.97. The van der Waals surface area contributed by atoms with Gasteiger partial charge in [0.05, 0.1) is 5.56 Å². The van der Waals surface area contributed by atoms with Gasteiger partial charge in [0.15, 0.2) is 0 Å². The first-order valence-corrected chi connectivity index (χ1v) is 7.84. The summed E-state index contributed by atoms with van der Waals surface area (Å²) < 4.78 is 5.83. The van der Waals surface area contributed by atoms with E-state index in [1.165, 1.54) is 11.2 Å². The minimum absolute atomic E-state index is 0.593. The minimum atomic E-state index is 0.593. The van der Waals surface area contributed by atoms with Crippen molar-refractivity contribution >= 4 is 17.6 Å². The van der Waals surface area contributed by atoms with Crippen LogP contribution < -0.4 is 10.1 Å². The Bertz CT molecular complexity index is 558. The fourth-order valence-corrected chi connectivity index (χ4v) is 2.12. The maximum absolute atomic E-state index is 5.83. The van der Waals surface area contributed by atoms with E-state index >= 15 is 0 Å². The van der Waals surface area contributed by atoms with Crippen LogP contribution in [0.4, 0.5) is 5.82 Å². The van der Waals surface area contributed by atoms with Gasteiger partial charge in [-0.1, -0.05) is 6.92 Å². The van der Waals surface area contributed by atoms with Gasteiger partial charge in [0.25, 0.3) is 0 Å². The third-order valence-corrected chi connectivity index (χ3v) is 3.60. The van der Waals surface area contributed by atoms with E-state index in [9.17, 15) is 0 Å². The van der Waals surface area contributed by atoms with Crippen molar-refractivity contribution in [1.82, 2.24) is 9.97 Å². The Hall–Kier alpha value is -1.75. The summed E-state index contributed by atoms with van der Waals surface area (Å²) in [7, 11) is 0. The van der Waals surface area contributed by atoms with Crippen LogP contribution in [-0.2, 0) is 0 Å². The number of thioether (sulfide) groups is 1. The quantitative estimate of drug-likeness (QED) is 0.810. The predicted octanol–water partition coefficient (Wildman–Crippen LogP) is 4.12. The fourth-order valence-electron chi connectivity index (χ4n) is 1.71. The normalized spacial score (nSPS) is 10.3. The molecule has 1 aromatic carbocycles. The van der Waals surface area contributed by atoms with Gasteiger partial charge in [-0.25, -0.2) is 9.97 Å². The van der Waals surface area contributed by atoms with Crippen LogP contribution in [-0.4, -0.2) is 22.8 Å². The summed E-state index contributed by atoms with van der Waals surface area (Å²) in [6, 6.07) is 7.97. The van der Waals surface area contributed by atoms with Crippen molar-refractivity contribution in [2.24, 2.45) is 0 Å². The first-order chi connectivity index (χ1) is 9.74. The van der Waals surface area contributed by atoms with Gasteiger partial charge in [-0.3, -0.25) is 0 Å². The lowest BCUT2D eigenvalue weighted by molar-refractivity contribution is 0.457. The summed E-state index contributed by atoms with van der Waals surface area (Å²) in [5.41, 5.74) is 0.926. The van der Waals surface area contributed by atoms with Crippen LogP contribution in [0.3, 0.4) is 0 Å². The number of rotatable bonds is 6. The van der Waals surface area contributed by atoms with Gasteiger partial charge in [0, 0.05) is 11.4 Å². The van der Waals surface area contributed by atoms with Crippen LogP contribution in [0.2, 0.25) is 0 Å². The van der Waals surface area contributed by atoms with Crippen molar-refractivity contribution in [2.45, 2.75) is 25.2 Å². The van der Waals surface area contributed by atoms with Crippen molar-refractivity contribution in [3.05, 3.63) is 36.2 Å². The minimum Gasteiger partial charge on any atom is -0.439 e. The summed E-state index contributed by atoms with van der Waals surface area (Å²) in [4.78, 5) is 9.66. The van der Waals surface area contributed by atoms with Gasteiger partial charge in [-0.05, 0) is 43.9 Å². The molecule has 0 amide bonds. The summed E-state index contributed by atoms with van der Waals surface area (Å²) in [5.74, 6) is 2.21. The van der Waals surface area contributed by atoms with Crippen molar-refractivity contribution in [3.63, 3.8) is 0 Å². The van der Waals surface area contributed by atoms with Gasteiger partial charge in [-0.15, -0.1) is 11.8 Å². The van der Waals surface area contributed by atoms with Crippen LogP contribution in [0.5, 0.6) is 11.6 Å². The maximum atomic E-state index is 5.83. The van der Waals surface area contributed by atoms with Gasteiger partial charge in [-0.2, -0.15) is 0 Å². The number of hydrogen-bond donors (Lipinski definition) is 1. The Morgan fingerprint density at radius 1 is 1.20 bits per heavy atom. The number of ether oxygens (including phenoxy) is 1. The lowest BCUT2D eigenvalue weighted by Gasteiger charge is -2.11. The molecule has 0 aliphatic carbocycles. The number of nitrogens with zero attached hydrogens (tertiary/aromatic N) is 2. The van der Waals surface area contributed by atoms with E-state index in [0.717, 1.165) is 30.1 Å². The highest BCUT2D eigenvalue weighted by molar-refractivity contribution is 7.98. The topological polar surface area (TPSA) is 47.0 Å². The van der Waals surface area contributed by atoms with Crippen molar-refractivity contribution in [3.8, 4) is 11.6 Å². The Kier molecular flexibility index (Phi) is 5.24. The lowest BCUT2D eigenvalue weighted by atomic mass is 10.3. The van der Waals surface area contributed by atoms with Gasteiger partial charge in [0.1, 0.15) is 17.9 Å². The highest BCUT2D eigenvalue weighted by Crippen LogP contribution is 2.27. The SMILES string of the molecule is CCCNc1ncnc(Oc2ccc(SC)cc2)c1C. The Morgan fingerprint density at radius 2 is 1.95 bits per heavy atom. The van der Waals surface area contributed by atoms with E-state index in [4.69, 9.17) is 4.74 Å². The van der Waals surface area contributed by atoms with Gasteiger partial charge < -0.3 is 10.1 Å². The average molecular weight is 289 g/mol. The number of aromatic nitrogens is 2. The second-order valence-corrected chi connectivity index (χ2v) is 5.24. The zero-order valence-electron chi connectivity index (χ0n) is 12.0. The molecule has 0 saturated heterocycles. The molecule has 0 atom stereocenters. The number of hydrogen-bond acceptors (Lipinski definition) is 5. The molecule has 1 heterocycles. The third kappa shape index (κ3) is 3.63. The molecule has 0 radical (unpaired) electrons. The first-order valence-electron chi connectivity index (χ1n) is 6.62. The predicted molar refractivity (Wildman–Crippen MR) is 83.8 cm³/mol. The number of benzene rings is 1. The van der Waals surface area contributed by atoms with E-state index in [1.807, 2.05) is 31.2 Å². The summed E-state index contributed by atoms with van der Waals surface area (Å²) in [5, 5.41) is 3.27. The fraction of sp³-hybridized carbons (Fsp3) is 0.333. The van der Waals surface area contributed by atoms with Crippen LogP contribution in [0.1, 0.15) is 18.9 Å². The molecule has 1 N–H and O–H groups in total. The Balaban J connectivity index is 2.15. The van der Waals surface area contributed by atoms with Crippen molar-refractivity contribution < 1.29 is 4.74 Å². The maximum Gasteiger partial charge on any atom is 0.227 e. The molecule has 0 aliphatic heterocycles. The number of anilines is 1. The van der Waals surface area contributed by atoms with Crippen LogP contribution in [0.25, 0.3) is 0 Å². The molecule has 4 nitrogen and oxygen atoms in total. The highest BCUT2D eigenvalue weighted by atomic mass is 32.2. The average Bonchev–Trinajstić information content (AvgIpc) is 2.49. The molecule has 0 bridgehead atoms. The van der Waals surface area contributed by atoms with E-state index in [1.54, 1.807) is 11.8 Å². The molecular formula is C15H19N3OS. The lowest BCUT2D eigenvalue weighted by Crippen LogP contribution is -2.05. The second kappa shape index (κ2) is 7.14. The molecule has 2 aromatic rings. The molecule has 0 aliphatic rings. The smallest absolute Gasteiger partial charge is 0.227 e. The van der Waals surface area contributed by atoms with Crippen LogP contribution in [0, 0.1) is 6.92 Å². The first kappa shape index (κ1) is 14.7. The molecule has 0 saturated carbocycles. The summed E-state index contributed by atoms with van der Waals surface area (Å²) in [6.07, 6.45) is 4.63. The van der Waals surface area contributed by atoms with Gasteiger partial charge >= 0.3 is 0 Å². The molecule has 1 aromatic heterocycles. The standard InChI is InChI=1S/C15H19N3OS/c1-4-9-16-14-11(2)15(18-10-17-14)19-12-5-7-13(20-3)8-6-12/h5-8,10H,4,9H2,1-3H3,(H,16,17,18). The molecule has 0 fully saturated rings. The summed E-state index contributed by atoms with van der Waals surface area (Å²) >= 11 is 1.71. The van der Waals surface area contributed by atoms with E-state index in [0.29, 0.717) is 5.88 Å². The second-order valence-electron chi connectivity index (χ2n) is 4.36. The zero-order chi connectivity index (χ0) is 14.4. The molecule has 2 rings (SSSR count). The van der Waals surface area contributed by atoms with Crippen LogP contribution in [0.15, 0.2) is 35.5 Å². The largest absolute Gasteiger partial charge is 0.439 e. The molecule has 106 valence electrons. The molecule has 0 spiro atoms. The molecular weight excluding hydrogens is 270 g/mol. The van der Waals surface area contributed by atoms with E-state index in [2.05, 4.69) is 28.5 Å². The number of nitrogens with one attached hydrogen (secondary N) is 1. The highest BCUT2D eigenvalue weighted by Gasteiger charge is 2.08.